The van der Waals surface area contributed by atoms with E-state index in [0.29, 0.717) is 5.57 Å². The average molecular weight is 655 g/mol. The van der Waals surface area contributed by atoms with Crippen molar-refractivity contribution < 1.29 is 47.6 Å². The largest absolute Gasteiger partial charge is 0.492 e. The van der Waals surface area contributed by atoms with Crippen molar-refractivity contribution in [3.8, 4) is 0 Å². The first-order valence-electron chi connectivity index (χ1n) is 15.1. The molecule has 1 aromatic carbocycles. The minimum Gasteiger partial charge on any atom is -0.492 e. The predicted octanol–water partition coefficient (Wildman–Crippen LogP) is 4.07. The summed E-state index contributed by atoms with van der Waals surface area (Å²) in [7, 11) is 4.14. The highest BCUT2D eigenvalue weighted by Crippen LogP contribution is 2.35. The zero-order valence-corrected chi connectivity index (χ0v) is 27.7. The van der Waals surface area contributed by atoms with Gasteiger partial charge in [-0.3, -0.25) is 14.4 Å². The van der Waals surface area contributed by atoms with Gasteiger partial charge in [-0.15, -0.1) is 0 Å². The van der Waals surface area contributed by atoms with Crippen molar-refractivity contribution in [3.05, 3.63) is 88.1 Å². The lowest BCUT2D eigenvalue weighted by atomic mass is 9.82. The highest BCUT2D eigenvalue weighted by molar-refractivity contribution is 6.39. The van der Waals surface area contributed by atoms with Gasteiger partial charge in [0.05, 0.1) is 24.9 Å². The van der Waals surface area contributed by atoms with Crippen LogP contribution < -0.4 is 11.1 Å². The molecule has 11 nitrogen and oxygen atoms in total. The van der Waals surface area contributed by atoms with Crippen LogP contribution in [0.3, 0.4) is 0 Å². The SMILES string of the molecule is COC1=C2C[C@@H](C)C[C@H](OC)[C@H](O)[C@@H](C)/C=C(/C)[C@H](OC(N)=O)[C@@H](OC)/C=C\C=C(\C)C(=O)NC(=C(c3ccc(F)cc3)C1=O)C2=O. The molecule has 0 spiro atoms. The lowest BCUT2D eigenvalue weighted by Gasteiger charge is -2.30. The average Bonchev–Trinajstić information content (AvgIpc) is 3.03. The Morgan fingerprint density at radius 2 is 1.68 bits per heavy atom. The monoisotopic (exact) mass is 654 g/mol. The van der Waals surface area contributed by atoms with E-state index in [-0.39, 0.29) is 52.5 Å². The Hall–Kier alpha value is -4.39. The summed E-state index contributed by atoms with van der Waals surface area (Å²) in [4.78, 5) is 53.2. The number of hydrogen-bond acceptors (Lipinski definition) is 9. The molecule has 0 saturated carbocycles. The first-order chi connectivity index (χ1) is 22.2. The van der Waals surface area contributed by atoms with Crippen molar-refractivity contribution >= 4 is 29.1 Å². The highest BCUT2D eigenvalue weighted by atomic mass is 19.1. The second kappa shape index (κ2) is 16.4. The molecule has 0 fully saturated rings. The van der Waals surface area contributed by atoms with E-state index in [1.165, 1.54) is 52.5 Å². The van der Waals surface area contributed by atoms with Gasteiger partial charge in [0.2, 0.25) is 11.6 Å². The van der Waals surface area contributed by atoms with Crippen LogP contribution in [0.2, 0.25) is 0 Å². The smallest absolute Gasteiger partial charge is 0.405 e. The van der Waals surface area contributed by atoms with E-state index < -0.39 is 59.7 Å². The van der Waals surface area contributed by atoms with Crippen LogP contribution in [0.4, 0.5) is 9.18 Å². The Balaban J connectivity index is 2.21. The van der Waals surface area contributed by atoms with Gasteiger partial charge < -0.3 is 35.1 Å². The number of hydrogen-bond donors (Lipinski definition) is 3. The number of rotatable bonds is 5. The van der Waals surface area contributed by atoms with Gasteiger partial charge in [-0.1, -0.05) is 50.3 Å². The van der Waals surface area contributed by atoms with Crippen molar-refractivity contribution in [1.82, 2.24) is 5.32 Å². The third kappa shape index (κ3) is 8.91. The van der Waals surface area contributed by atoms with Gasteiger partial charge in [-0.05, 0) is 55.9 Å². The third-order valence-electron chi connectivity index (χ3n) is 8.24. The molecule has 3 rings (SSSR count). The maximum atomic E-state index is 14.1. The number of methoxy groups -OCH3 is 3. The van der Waals surface area contributed by atoms with Gasteiger partial charge in [0.15, 0.2) is 11.9 Å². The number of Topliss-reactive ketones (excluding diaryl/α,β-unsaturated/α-hetero) is 2. The molecule has 1 aromatic rings. The molecule has 1 aliphatic heterocycles. The van der Waals surface area contributed by atoms with E-state index in [1.54, 1.807) is 26.0 Å². The van der Waals surface area contributed by atoms with Gasteiger partial charge in [0.25, 0.3) is 5.91 Å². The Morgan fingerprint density at radius 1 is 1.02 bits per heavy atom. The molecule has 47 heavy (non-hydrogen) atoms. The summed E-state index contributed by atoms with van der Waals surface area (Å²) < 4.78 is 35.9. The number of halogens is 1. The molecule has 0 radical (unpaired) electrons. The van der Waals surface area contributed by atoms with E-state index in [1.807, 2.05) is 6.92 Å². The molecule has 4 N–H and O–H groups in total. The third-order valence-corrected chi connectivity index (χ3v) is 8.24. The molecule has 0 saturated heterocycles. The Labute approximate surface area is 274 Å². The number of ether oxygens (including phenoxy) is 4. The van der Waals surface area contributed by atoms with Crippen molar-refractivity contribution in [2.75, 3.05) is 21.3 Å². The minimum absolute atomic E-state index is 0.0492. The normalized spacial score (nSPS) is 29.8. The Bertz CT molecular complexity index is 1520. The fourth-order valence-electron chi connectivity index (χ4n) is 5.74. The van der Waals surface area contributed by atoms with E-state index in [4.69, 9.17) is 24.7 Å². The lowest BCUT2D eigenvalue weighted by molar-refractivity contribution is -0.120. The molecule has 0 unspecified atom stereocenters. The minimum atomic E-state index is -1.03. The topological polar surface area (TPSA) is 163 Å². The zero-order valence-electron chi connectivity index (χ0n) is 27.7. The molecular weight excluding hydrogens is 611 g/mol. The molecule has 6 atom stereocenters. The van der Waals surface area contributed by atoms with Crippen LogP contribution in [-0.2, 0) is 33.3 Å². The molecule has 254 valence electrons. The first kappa shape index (κ1) is 37.1. The summed E-state index contributed by atoms with van der Waals surface area (Å²) in [5.74, 6) is -3.49. The number of fused-ring (bicyclic) bond motifs is 2. The lowest BCUT2D eigenvalue weighted by Crippen LogP contribution is -2.37. The van der Waals surface area contributed by atoms with Crippen LogP contribution >= 0.6 is 0 Å². The molecule has 2 aliphatic rings. The predicted molar refractivity (Wildman–Crippen MR) is 172 cm³/mol. The molecule has 1 heterocycles. The Kier molecular flexibility index (Phi) is 13.0. The number of aliphatic hydroxyl groups is 1. The standard InChI is InChI=1S/C35H43FN2O9/c1-18-15-24-30(40)28(27(31(41)33(24)46-7)22-11-13-23(36)14-12-22)38-34(42)19(2)9-8-10-25(44-5)32(47-35(37)43)21(4)17-20(3)29(39)26(16-18)45-6/h8-14,17-18,20,25-26,29,32,39H,15-16H2,1-7H3,(H2,37,43)(H,38,42)/b10-8-,19-9-,21-17-/t18-,20+,25+,26+,29-,32+/m1/s1. The summed E-state index contributed by atoms with van der Waals surface area (Å²) in [5.41, 5.74) is 5.93. The number of aliphatic hydroxyl groups excluding tert-OH is 1. The molecule has 2 bridgehead atoms. The summed E-state index contributed by atoms with van der Waals surface area (Å²) in [6, 6.07) is 4.97. The van der Waals surface area contributed by atoms with Gasteiger partial charge in [-0.25, -0.2) is 9.18 Å². The Morgan fingerprint density at radius 3 is 2.26 bits per heavy atom. The number of carbonyl (C=O) groups is 4. The van der Waals surface area contributed by atoms with E-state index in [2.05, 4.69) is 5.32 Å². The maximum Gasteiger partial charge on any atom is 0.405 e. The molecule has 0 aromatic heterocycles. The molecular formula is C35H43FN2O9. The summed E-state index contributed by atoms with van der Waals surface area (Å²) >= 11 is 0. The van der Waals surface area contributed by atoms with Gasteiger partial charge in [0, 0.05) is 31.3 Å². The van der Waals surface area contributed by atoms with Crippen LogP contribution in [0.25, 0.3) is 5.57 Å². The molecule has 2 amide bonds. The van der Waals surface area contributed by atoms with Crippen LogP contribution in [0, 0.1) is 17.7 Å². The van der Waals surface area contributed by atoms with Gasteiger partial charge >= 0.3 is 6.09 Å². The van der Waals surface area contributed by atoms with E-state index >= 15 is 0 Å². The zero-order chi connectivity index (χ0) is 35.0. The fraction of sp³-hybridized carbons (Fsp3) is 0.429. The van der Waals surface area contributed by atoms with Crippen molar-refractivity contribution in [2.45, 2.75) is 65.0 Å². The quantitative estimate of drug-likeness (QED) is 0.314. The first-order valence-corrected chi connectivity index (χ1v) is 15.1. The van der Waals surface area contributed by atoms with Crippen molar-refractivity contribution in [1.29, 1.82) is 0 Å². The summed E-state index contributed by atoms with van der Waals surface area (Å²) in [6.45, 7) is 6.83. The van der Waals surface area contributed by atoms with Crippen LogP contribution in [0.5, 0.6) is 0 Å². The summed E-state index contributed by atoms with van der Waals surface area (Å²) in [5, 5.41) is 13.9. The maximum absolute atomic E-state index is 14.1. The number of allylic oxidation sites excluding steroid dienone is 4. The number of amides is 2. The van der Waals surface area contributed by atoms with E-state index in [0.717, 1.165) is 12.1 Å². The second-order valence-corrected chi connectivity index (χ2v) is 11.8. The fourth-order valence-corrected chi connectivity index (χ4v) is 5.74. The summed E-state index contributed by atoms with van der Waals surface area (Å²) in [6.07, 6.45) is 2.06. The molecule has 1 aliphatic carbocycles. The highest BCUT2D eigenvalue weighted by Gasteiger charge is 2.38. The van der Waals surface area contributed by atoms with Crippen molar-refractivity contribution in [2.24, 2.45) is 17.6 Å². The van der Waals surface area contributed by atoms with Crippen molar-refractivity contribution in [3.63, 3.8) is 0 Å². The van der Waals surface area contributed by atoms with Gasteiger partial charge in [-0.2, -0.15) is 0 Å². The van der Waals surface area contributed by atoms with Gasteiger partial charge in [0.1, 0.15) is 17.6 Å². The van der Waals surface area contributed by atoms with Crippen LogP contribution in [0.15, 0.2) is 76.7 Å². The number of ketones is 2. The second-order valence-electron chi connectivity index (χ2n) is 11.8. The van der Waals surface area contributed by atoms with Crippen LogP contribution in [-0.4, -0.2) is 74.4 Å². The van der Waals surface area contributed by atoms with E-state index in [9.17, 15) is 28.7 Å². The molecule has 12 heteroatoms. The number of nitrogens with one attached hydrogen (secondary N) is 1. The number of carbonyl (C=O) groups excluding carboxylic acids is 4. The van der Waals surface area contributed by atoms with Crippen LogP contribution in [0.1, 0.15) is 46.1 Å². The number of primary amides is 1. The number of benzene rings is 1. The number of nitrogens with two attached hydrogens (primary N) is 1.